The third kappa shape index (κ3) is 5.43. The number of amides is 1. The van der Waals surface area contributed by atoms with Crippen molar-refractivity contribution in [2.75, 3.05) is 26.2 Å². The Morgan fingerprint density at radius 3 is 2.74 bits per heavy atom. The van der Waals surface area contributed by atoms with E-state index in [0.29, 0.717) is 29.1 Å². The van der Waals surface area contributed by atoms with E-state index in [0.717, 1.165) is 19.6 Å². The van der Waals surface area contributed by atoms with Gasteiger partial charge in [-0.3, -0.25) is 14.2 Å². The van der Waals surface area contributed by atoms with Gasteiger partial charge in [0.2, 0.25) is 5.91 Å². The Labute approximate surface area is 164 Å². The molecular formula is C20H28N4O2S. The summed E-state index contributed by atoms with van der Waals surface area (Å²) in [6, 6.07) is 7.34. The van der Waals surface area contributed by atoms with E-state index in [1.54, 1.807) is 16.7 Å². The molecule has 0 fully saturated rings. The van der Waals surface area contributed by atoms with E-state index in [4.69, 9.17) is 0 Å². The second-order valence-corrected chi connectivity index (χ2v) is 7.50. The predicted molar refractivity (Wildman–Crippen MR) is 112 cm³/mol. The van der Waals surface area contributed by atoms with Gasteiger partial charge < -0.3 is 10.2 Å². The Balaban J connectivity index is 2.36. The predicted octanol–water partition coefficient (Wildman–Crippen LogP) is 2.52. The number of nitrogens with one attached hydrogen (secondary N) is 1. The molecule has 1 heterocycles. The third-order valence-electron chi connectivity index (χ3n) is 4.43. The number of carbonyl (C=O) groups excluding carboxylic acids is 1. The van der Waals surface area contributed by atoms with Crippen molar-refractivity contribution in [3.05, 3.63) is 47.3 Å². The third-order valence-corrected chi connectivity index (χ3v) is 5.52. The maximum absolute atomic E-state index is 13.0. The van der Waals surface area contributed by atoms with Crippen molar-refractivity contribution >= 4 is 28.6 Å². The molecule has 146 valence electrons. The maximum Gasteiger partial charge on any atom is 0.262 e. The topological polar surface area (TPSA) is 67.2 Å². The number of rotatable bonds is 10. The van der Waals surface area contributed by atoms with Crippen molar-refractivity contribution < 1.29 is 4.79 Å². The Kier molecular flexibility index (Phi) is 8.06. The number of likely N-dealkylation sites (N-methyl/N-ethyl adjacent to an activating group) is 1. The van der Waals surface area contributed by atoms with Crippen LogP contribution in [0.25, 0.3) is 10.9 Å². The van der Waals surface area contributed by atoms with E-state index in [9.17, 15) is 9.59 Å². The maximum atomic E-state index is 13.0. The minimum absolute atomic E-state index is 0.0612. The summed E-state index contributed by atoms with van der Waals surface area (Å²) < 4.78 is 1.70. The minimum atomic E-state index is -0.363. The molecule has 27 heavy (non-hydrogen) atoms. The van der Waals surface area contributed by atoms with Gasteiger partial charge in [0.15, 0.2) is 5.16 Å². The zero-order chi connectivity index (χ0) is 19.8. The molecule has 1 aromatic carbocycles. The van der Waals surface area contributed by atoms with E-state index in [2.05, 4.69) is 35.6 Å². The highest BCUT2D eigenvalue weighted by Gasteiger charge is 2.19. The van der Waals surface area contributed by atoms with Crippen LogP contribution in [0.1, 0.15) is 20.8 Å². The fourth-order valence-electron chi connectivity index (χ4n) is 2.74. The molecule has 0 unspecified atom stereocenters. The van der Waals surface area contributed by atoms with Crippen LogP contribution in [0.15, 0.2) is 46.9 Å². The first kappa shape index (κ1) is 21.2. The van der Waals surface area contributed by atoms with Crippen molar-refractivity contribution in [1.82, 2.24) is 19.8 Å². The van der Waals surface area contributed by atoms with Crippen LogP contribution in [-0.4, -0.2) is 51.8 Å². The molecule has 0 aliphatic heterocycles. The number of nitrogens with zero attached hydrogens (tertiary/aromatic N) is 3. The average molecular weight is 389 g/mol. The summed E-state index contributed by atoms with van der Waals surface area (Å²) in [5, 5.41) is 3.61. The number of hydrogen-bond acceptors (Lipinski definition) is 5. The molecule has 0 spiro atoms. The average Bonchev–Trinajstić information content (AvgIpc) is 2.68. The van der Waals surface area contributed by atoms with Crippen molar-refractivity contribution in [3.8, 4) is 0 Å². The molecule has 0 saturated heterocycles. The van der Waals surface area contributed by atoms with Crippen LogP contribution in [0.2, 0.25) is 0 Å². The molecule has 2 aromatic rings. The van der Waals surface area contributed by atoms with Crippen LogP contribution in [0.3, 0.4) is 0 Å². The highest BCUT2D eigenvalue weighted by molar-refractivity contribution is 8.00. The molecule has 0 saturated carbocycles. The monoisotopic (exact) mass is 388 g/mol. The first-order chi connectivity index (χ1) is 13.0. The summed E-state index contributed by atoms with van der Waals surface area (Å²) in [4.78, 5) is 32.2. The number of hydrogen-bond donors (Lipinski definition) is 1. The zero-order valence-corrected chi connectivity index (χ0v) is 17.1. The Morgan fingerprint density at radius 2 is 2.07 bits per heavy atom. The first-order valence-corrected chi connectivity index (χ1v) is 10.2. The van der Waals surface area contributed by atoms with E-state index in [-0.39, 0.29) is 16.7 Å². The normalized spacial score (nSPS) is 12.3. The van der Waals surface area contributed by atoms with Crippen LogP contribution in [-0.2, 0) is 11.3 Å². The van der Waals surface area contributed by atoms with E-state index in [1.807, 2.05) is 25.1 Å². The SMILES string of the molecule is C=CCNC(=O)[C@@H](C)Sc1nc2ccccc2c(=O)n1CCN(CC)CC. The van der Waals surface area contributed by atoms with Gasteiger partial charge in [-0.15, -0.1) is 6.58 Å². The lowest BCUT2D eigenvalue weighted by molar-refractivity contribution is -0.120. The molecule has 0 bridgehead atoms. The number of para-hydroxylation sites is 1. The number of aromatic nitrogens is 2. The summed E-state index contributed by atoms with van der Waals surface area (Å²) >= 11 is 1.31. The molecule has 1 aromatic heterocycles. The Bertz CT molecular complexity index is 845. The second-order valence-electron chi connectivity index (χ2n) is 6.19. The van der Waals surface area contributed by atoms with Gasteiger partial charge in [-0.1, -0.05) is 43.8 Å². The lowest BCUT2D eigenvalue weighted by atomic mass is 10.2. The summed E-state index contributed by atoms with van der Waals surface area (Å²) in [6.07, 6.45) is 1.64. The van der Waals surface area contributed by atoms with Crippen LogP contribution in [0.5, 0.6) is 0 Å². The minimum Gasteiger partial charge on any atom is -0.352 e. The van der Waals surface area contributed by atoms with Gasteiger partial charge in [0.05, 0.1) is 16.2 Å². The van der Waals surface area contributed by atoms with E-state index in [1.165, 1.54) is 11.8 Å². The molecule has 2 rings (SSSR count). The molecule has 0 aliphatic rings. The van der Waals surface area contributed by atoms with Gasteiger partial charge >= 0.3 is 0 Å². The number of fused-ring (bicyclic) bond motifs is 1. The number of thioether (sulfide) groups is 1. The van der Waals surface area contributed by atoms with Crippen LogP contribution in [0, 0.1) is 0 Å². The van der Waals surface area contributed by atoms with Crippen LogP contribution >= 0.6 is 11.8 Å². The molecule has 1 atom stereocenters. The van der Waals surface area contributed by atoms with Gasteiger partial charge in [-0.05, 0) is 32.1 Å². The van der Waals surface area contributed by atoms with Gasteiger partial charge in [0.25, 0.3) is 5.56 Å². The highest BCUT2D eigenvalue weighted by Crippen LogP contribution is 2.22. The van der Waals surface area contributed by atoms with E-state index < -0.39 is 0 Å². The van der Waals surface area contributed by atoms with Crippen LogP contribution < -0.4 is 10.9 Å². The largest absolute Gasteiger partial charge is 0.352 e. The molecule has 0 radical (unpaired) electrons. The summed E-state index contributed by atoms with van der Waals surface area (Å²) in [6.45, 7) is 13.2. The molecule has 0 aliphatic carbocycles. The number of carbonyl (C=O) groups is 1. The van der Waals surface area contributed by atoms with Crippen LogP contribution in [0.4, 0.5) is 0 Å². The van der Waals surface area contributed by atoms with Crippen molar-refractivity contribution in [2.45, 2.75) is 37.7 Å². The van der Waals surface area contributed by atoms with E-state index >= 15 is 0 Å². The van der Waals surface area contributed by atoms with Gasteiger partial charge in [0.1, 0.15) is 0 Å². The number of benzene rings is 1. The molecule has 7 heteroatoms. The molecular weight excluding hydrogens is 360 g/mol. The molecule has 6 nitrogen and oxygen atoms in total. The Morgan fingerprint density at radius 1 is 1.37 bits per heavy atom. The molecule has 1 amide bonds. The summed E-state index contributed by atoms with van der Waals surface area (Å²) in [5.41, 5.74) is 0.594. The fraction of sp³-hybridized carbons (Fsp3) is 0.450. The first-order valence-electron chi connectivity index (χ1n) is 9.29. The van der Waals surface area contributed by atoms with Crippen molar-refractivity contribution in [2.24, 2.45) is 0 Å². The smallest absolute Gasteiger partial charge is 0.262 e. The summed E-state index contributed by atoms with van der Waals surface area (Å²) in [7, 11) is 0. The fourth-order valence-corrected chi connectivity index (χ4v) is 3.70. The quantitative estimate of drug-likeness (QED) is 0.385. The van der Waals surface area contributed by atoms with Gasteiger partial charge in [-0.25, -0.2) is 4.98 Å². The zero-order valence-electron chi connectivity index (χ0n) is 16.3. The van der Waals surface area contributed by atoms with Crippen molar-refractivity contribution in [3.63, 3.8) is 0 Å². The lowest BCUT2D eigenvalue weighted by Crippen LogP contribution is -2.34. The Hall–Kier alpha value is -2.12. The molecule has 1 N–H and O–H groups in total. The lowest BCUT2D eigenvalue weighted by Gasteiger charge is -2.21. The van der Waals surface area contributed by atoms with Crippen molar-refractivity contribution in [1.29, 1.82) is 0 Å². The second kappa shape index (κ2) is 10.3. The van der Waals surface area contributed by atoms with Gasteiger partial charge in [-0.2, -0.15) is 0 Å². The highest BCUT2D eigenvalue weighted by atomic mass is 32.2. The standard InChI is InChI=1S/C20H28N4O2S/c1-5-12-21-18(25)15(4)27-20-22-17-11-9-8-10-16(17)19(26)24(20)14-13-23(6-2)7-3/h5,8-11,15H,1,6-7,12-14H2,2-4H3,(H,21,25)/t15-/m1/s1. The van der Waals surface area contributed by atoms with Gasteiger partial charge in [0, 0.05) is 19.6 Å². The summed E-state index contributed by atoms with van der Waals surface area (Å²) in [5.74, 6) is -0.0994.